The fourth-order valence-electron chi connectivity index (χ4n) is 0.684. The van der Waals surface area contributed by atoms with E-state index in [1.807, 2.05) is 6.92 Å². The highest BCUT2D eigenvalue weighted by atomic mass is 28.4. The molecule has 12 heavy (non-hydrogen) atoms. The first-order valence-electron chi connectivity index (χ1n) is 4.30. The number of halogens is 1. The highest BCUT2D eigenvalue weighted by Crippen LogP contribution is 2.09. The zero-order valence-corrected chi connectivity index (χ0v) is 9.02. The van der Waals surface area contributed by atoms with Crippen LogP contribution in [0.3, 0.4) is 0 Å². The molecule has 72 valence electrons. The lowest BCUT2D eigenvalue weighted by Gasteiger charge is -2.10. The molecule has 0 aromatic heterocycles. The Balaban J connectivity index is 3.37. The summed E-state index contributed by atoms with van der Waals surface area (Å²) >= 11 is 0. The van der Waals surface area contributed by atoms with Crippen LogP contribution in [-0.4, -0.2) is 21.0 Å². The van der Waals surface area contributed by atoms with Crippen LogP contribution in [0.15, 0.2) is 0 Å². The maximum atomic E-state index is 13.0. The van der Waals surface area contributed by atoms with Crippen LogP contribution < -0.4 is 0 Å². The Morgan fingerprint density at radius 2 is 2.08 bits per heavy atom. The van der Waals surface area contributed by atoms with Gasteiger partial charge in [0.2, 0.25) is 8.41 Å². The second kappa shape index (κ2) is 5.30. The molecular weight excluding hydrogens is 175 g/mol. The molecule has 0 aromatic carbocycles. The third-order valence-corrected chi connectivity index (χ3v) is 2.81. The van der Waals surface area contributed by atoms with Gasteiger partial charge in [0.25, 0.3) is 0 Å². The van der Waals surface area contributed by atoms with Crippen molar-refractivity contribution in [2.24, 2.45) is 0 Å². The van der Waals surface area contributed by atoms with Gasteiger partial charge in [-0.25, -0.2) is 0 Å². The van der Waals surface area contributed by atoms with E-state index in [0.29, 0.717) is 12.5 Å². The predicted octanol–water partition coefficient (Wildman–Crippen LogP) is 2.50. The van der Waals surface area contributed by atoms with Gasteiger partial charge in [0.1, 0.15) is 0 Å². The average molecular weight is 192 g/mol. The smallest absolute Gasteiger partial charge is 0.305 e. The molecule has 2 nitrogen and oxygen atoms in total. The molecule has 0 saturated heterocycles. The molecule has 0 saturated carbocycles. The summed E-state index contributed by atoms with van der Waals surface area (Å²) in [6, 6.07) is 0.405. The van der Waals surface area contributed by atoms with E-state index in [1.165, 1.54) is 0 Å². The second-order valence-electron chi connectivity index (χ2n) is 3.44. The first-order chi connectivity index (χ1) is 5.45. The van der Waals surface area contributed by atoms with Gasteiger partial charge in [-0.1, -0.05) is 6.92 Å². The van der Waals surface area contributed by atoms with Gasteiger partial charge in [-0.15, -0.1) is 0 Å². The van der Waals surface area contributed by atoms with E-state index in [1.54, 1.807) is 13.1 Å². The van der Waals surface area contributed by atoms with Gasteiger partial charge in [-0.2, -0.15) is 0 Å². The van der Waals surface area contributed by atoms with Crippen molar-refractivity contribution in [2.75, 3.05) is 6.61 Å². The van der Waals surface area contributed by atoms with Gasteiger partial charge in [-0.3, -0.25) is 4.79 Å². The minimum atomic E-state index is -2.52. The van der Waals surface area contributed by atoms with Crippen LogP contribution in [0, 0.1) is 0 Å². The minimum Gasteiger partial charge on any atom is -0.466 e. The molecule has 4 heteroatoms. The first-order valence-corrected chi connectivity index (χ1v) is 7.39. The van der Waals surface area contributed by atoms with Gasteiger partial charge in [0.15, 0.2) is 0 Å². The van der Waals surface area contributed by atoms with Crippen molar-refractivity contribution in [1.29, 1.82) is 0 Å². The molecule has 0 fully saturated rings. The SMILES string of the molecule is CCCC(=O)OCC[Si](C)(C)F. The molecule has 0 bridgehead atoms. The Labute approximate surface area is 74.3 Å². The molecule has 0 amide bonds. The fraction of sp³-hybridized carbons (Fsp3) is 0.875. The predicted molar refractivity (Wildman–Crippen MR) is 49.3 cm³/mol. The van der Waals surface area contributed by atoms with E-state index in [-0.39, 0.29) is 12.6 Å². The van der Waals surface area contributed by atoms with Gasteiger partial charge >= 0.3 is 5.97 Å². The molecular formula is C8H17FO2Si. The number of hydrogen-bond donors (Lipinski definition) is 0. The van der Waals surface area contributed by atoms with E-state index in [2.05, 4.69) is 0 Å². The van der Waals surface area contributed by atoms with Crippen molar-refractivity contribution < 1.29 is 13.6 Å². The Morgan fingerprint density at radius 3 is 2.50 bits per heavy atom. The van der Waals surface area contributed by atoms with E-state index in [9.17, 15) is 8.90 Å². The van der Waals surface area contributed by atoms with E-state index < -0.39 is 8.41 Å². The third kappa shape index (κ3) is 7.72. The molecule has 0 spiro atoms. The summed E-state index contributed by atoms with van der Waals surface area (Å²) < 4.78 is 17.8. The topological polar surface area (TPSA) is 26.3 Å². The normalized spacial score (nSPS) is 11.3. The quantitative estimate of drug-likeness (QED) is 0.380. The molecule has 0 heterocycles. The molecule has 0 rings (SSSR count). The zero-order chi connectivity index (χ0) is 9.61. The summed E-state index contributed by atoms with van der Waals surface area (Å²) in [6.45, 7) is 5.38. The fourth-order valence-corrected chi connectivity index (χ4v) is 1.27. The number of rotatable bonds is 5. The number of esters is 1. The Kier molecular flexibility index (Phi) is 5.13. The lowest BCUT2D eigenvalue weighted by atomic mass is 10.3. The van der Waals surface area contributed by atoms with Crippen LogP contribution in [0.2, 0.25) is 19.1 Å². The second-order valence-corrected chi connectivity index (χ2v) is 7.38. The van der Waals surface area contributed by atoms with Crippen molar-refractivity contribution in [2.45, 2.75) is 38.9 Å². The summed E-state index contributed by atoms with van der Waals surface area (Å²) in [5.41, 5.74) is 0. The number of hydrogen-bond acceptors (Lipinski definition) is 2. The molecule has 0 unspecified atom stereocenters. The van der Waals surface area contributed by atoms with Gasteiger partial charge in [0.05, 0.1) is 6.61 Å². The van der Waals surface area contributed by atoms with E-state index >= 15 is 0 Å². The van der Waals surface area contributed by atoms with Gasteiger partial charge < -0.3 is 8.84 Å². The van der Waals surface area contributed by atoms with Crippen LogP contribution in [0.4, 0.5) is 4.11 Å². The summed E-state index contributed by atoms with van der Waals surface area (Å²) in [5, 5.41) is 0. The molecule has 0 N–H and O–H groups in total. The summed E-state index contributed by atoms with van der Waals surface area (Å²) in [7, 11) is -2.52. The average Bonchev–Trinajstić information content (AvgIpc) is 1.84. The number of carbonyl (C=O) groups excluding carboxylic acids is 1. The van der Waals surface area contributed by atoms with Crippen molar-refractivity contribution in [1.82, 2.24) is 0 Å². The van der Waals surface area contributed by atoms with E-state index in [0.717, 1.165) is 6.42 Å². The van der Waals surface area contributed by atoms with Crippen LogP contribution in [0.5, 0.6) is 0 Å². The first kappa shape index (κ1) is 11.6. The van der Waals surface area contributed by atoms with Crippen LogP contribution in [0.1, 0.15) is 19.8 Å². The maximum Gasteiger partial charge on any atom is 0.305 e. The number of carbonyl (C=O) groups is 1. The Morgan fingerprint density at radius 1 is 1.50 bits per heavy atom. The van der Waals surface area contributed by atoms with Gasteiger partial charge in [0, 0.05) is 12.5 Å². The Bertz CT molecular complexity index is 142. The highest BCUT2D eigenvalue weighted by molar-refractivity contribution is 6.70. The van der Waals surface area contributed by atoms with Crippen LogP contribution >= 0.6 is 0 Å². The standard InChI is InChI=1S/C8H17FO2Si/c1-4-5-8(10)11-6-7-12(2,3)9/h4-7H2,1-3H3. The van der Waals surface area contributed by atoms with Crippen LogP contribution in [-0.2, 0) is 9.53 Å². The van der Waals surface area contributed by atoms with E-state index in [4.69, 9.17) is 4.74 Å². The monoisotopic (exact) mass is 192 g/mol. The molecule has 0 aromatic rings. The zero-order valence-electron chi connectivity index (χ0n) is 8.02. The number of ether oxygens (including phenoxy) is 1. The summed E-state index contributed by atoms with van der Waals surface area (Å²) in [4.78, 5) is 10.8. The van der Waals surface area contributed by atoms with Gasteiger partial charge in [-0.05, 0) is 19.5 Å². The lowest BCUT2D eigenvalue weighted by molar-refractivity contribution is -0.143. The van der Waals surface area contributed by atoms with Crippen molar-refractivity contribution in [3.8, 4) is 0 Å². The van der Waals surface area contributed by atoms with Crippen LogP contribution in [0.25, 0.3) is 0 Å². The maximum absolute atomic E-state index is 13.0. The minimum absolute atomic E-state index is 0.212. The summed E-state index contributed by atoms with van der Waals surface area (Å²) in [5.74, 6) is -0.212. The third-order valence-electron chi connectivity index (χ3n) is 1.41. The molecule has 0 atom stereocenters. The van der Waals surface area contributed by atoms with Crippen molar-refractivity contribution in [3.05, 3.63) is 0 Å². The molecule has 0 radical (unpaired) electrons. The molecule has 0 aliphatic carbocycles. The highest BCUT2D eigenvalue weighted by Gasteiger charge is 2.20. The van der Waals surface area contributed by atoms with Crippen molar-refractivity contribution >= 4 is 14.4 Å². The Hall–Kier alpha value is -0.383. The lowest BCUT2D eigenvalue weighted by Crippen LogP contribution is -2.21. The largest absolute Gasteiger partial charge is 0.466 e. The van der Waals surface area contributed by atoms with Crippen molar-refractivity contribution in [3.63, 3.8) is 0 Å². The molecule has 0 aliphatic heterocycles. The molecule has 0 aliphatic rings. The summed E-state index contributed by atoms with van der Waals surface area (Å²) in [6.07, 6.45) is 1.23.